The number of furan rings is 1. The molecule has 0 aliphatic carbocycles. The Morgan fingerprint density at radius 2 is 2.17 bits per heavy atom. The summed E-state index contributed by atoms with van der Waals surface area (Å²) in [6.07, 6.45) is 5.01. The molecule has 0 amide bonds. The lowest BCUT2D eigenvalue weighted by atomic mass is 9.94. The highest BCUT2D eigenvalue weighted by molar-refractivity contribution is 5.17. The van der Waals surface area contributed by atoms with Crippen LogP contribution in [0.25, 0.3) is 0 Å². The van der Waals surface area contributed by atoms with E-state index in [9.17, 15) is 0 Å². The second-order valence-electron chi connectivity index (χ2n) is 6.48. The number of hydrogen-bond acceptors (Lipinski definition) is 5. The second kappa shape index (κ2) is 7.25. The topological polar surface area (TPSA) is 52.7 Å². The summed E-state index contributed by atoms with van der Waals surface area (Å²) in [5.74, 6) is 2.12. The molecule has 0 saturated carbocycles. The van der Waals surface area contributed by atoms with E-state index in [4.69, 9.17) is 9.52 Å². The SMILES string of the molecule is CN(Cc1ccc(CO)o1)C[C@@H]1CCN(C)[C@H]1c1cccnc1. The molecule has 1 aliphatic rings. The monoisotopic (exact) mass is 315 g/mol. The number of aliphatic hydroxyl groups excluding tert-OH is 1. The van der Waals surface area contributed by atoms with Crippen molar-refractivity contribution in [3.8, 4) is 0 Å². The molecule has 5 heteroatoms. The van der Waals surface area contributed by atoms with E-state index in [1.807, 2.05) is 30.6 Å². The Bertz CT molecular complexity index is 614. The van der Waals surface area contributed by atoms with Gasteiger partial charge in [0.15, 0.2) is 0 Å². The van der Waals surface area contributed by atoms with Crippen molar-refractivity contribution in [1.29, 1.82) is 0 Å². The predicted octanol–water partition coefficient (Wildman–Crippen LogP) is 2.29. The van der Waals surface area contributed by atoms with Gasteiger partial charge in [0.25, 0.3) is 0 Å². The molecule has 23 heavy (non-hydrogen) atoms. The fourth-order valence-corrected chi connectivity index (χ4v) is 3.62. The Labute approximate surface area is 137 Å². The lowest BCUT2D eigenvalue weighted by Gasteiger charge is -2.28. The van der Waals surface area contributed by atoms with Gasteiger partial charge in [-0.2, -0.15) is 0 Å². The molecule has 0 aromatic carbocycles. The highest BCUT2D eigenvalue weighted by Gasteiger charge is 2.33. The maximum atomic E-state index is 9.09. The number of pyridine rings is 1. The van der Waals surface area contributed by atoms with E-state index < -0.39 is 0 Å². The fraction of sp³-hybridized carbons (Fsp3) is 0.500. The maximum Gasteiger partial charge on any atom is 0.129 e. The van der Waals surface area contributed by atoms with Gasteiger partial charge in [0.1, 0.15) is 18.1 Å². The van der Waals surface area contributed by atoms with Crippen LogP contribution in [0, 0.1) is 5.92 Å². The molecular formula is C18H25N3O2. The summed E-state index contributed by atoms with van der Waals surface area (Å²) in [6.45, 7) is 2.85. The van der Waals surface area contributed by atoms with Crippen LogP contribution in [-0.4, -0.2) is 47.1 Å². The minimum Gasteiger partial charge on any atom is -0.462 e. The largest absolute Gasteiger partial charge is 0.462 e. The zero-order chi connectivity index (χ0) is 16.2. The van der Waals surface area contributed by atoms with Crippen LogP contribution in [-0.2, 0) is 13.2 Å². The van der Waals surface area contributed by atoms with Crippen molar-refractivity contribution in [1.82, 2.24) is 14.8 Å². The number of likely N-dealkylation sites (tertiary alicyclic amines) is 1. The van der Waals surface area contributed by atoms with Crippen molar-refractivity contribution in [2.24, 2.45) is 5.92 Å². The van der Waals surface area contributed by atoms with Gasteiger partial charge >= 0.3 is 0 Å². The van der Waals surface area contributed by atoms with Crippen molar-refractivity contribution in [2.45, 2.75) is 25.6 Å². The molecule has 0 bridgehead atoms. The average molecular weight is 315 g/mol. The van der Waals surface area contributed by atoms with Gasteiger partial charge in [-0.3, -0.25) is 14.8 Å². The van der Waals surface area contributed by atoms with Crippen molar-refractivity contribution in [2.75, 3.05) is 27.2 Å². The number of hydrogen-bond donors (Lipinski definition) is 1. The summed E-state index contributed by atoms with van der Waals surface area (Å²) < 4.78 is 5.59. The zero-order valence-corrected chi connectivity index (χ0v) is 13.9. The highest BCUT2D eigenvalue weighted by atomic mass is 16.4. The maximum absolute atomic E-state index is 9.09. The standard InChI is InChI=1S/C18H25N3O2/c1-20(12-16-5-6-17(13-22)23-16)11-15-7-9-21(2)18(15)14-4-3-8-19-10-14/h3-6,8,10,15,18,22H,7,9,11-13H2,1-2H3/t15-,18-/m0/s1. The molecule has 2 aromatic rings. The number of aromatic nitrogens is 1. The Balaban J connectivity index is 1.63. The van der Waals surface area contributed by atoms with Gasteiger partial charge in [-0.25, -0.2) is 0 Å². The van der Waals surface area contributed by atoms with Crippen LogP contribution in [0.15, 0.2) is 41.1 Å². The average Bonchev–Trinajstić information content (AvgIpc) is 3.15. The number of nitrogens with zero attached hydrogens (tertiary/aromatic N) is 3. The summed E-state index contributed by atoms with van der Waals surface area (Å²) in [7, 11) is 4.32. The predicted molar refractivity (Wildman–Crippen MR) is 88.7 cm³/mol. The fourth-order valence-electron chi connectivity index (χ4n) is 3.62. The van der Waals surface area contributed by atoms with Gasteiger partial charge in [0.2, 0.25) is 0 Å². The van der Waals surface area contributed by atoms with Gasteiger partial charge in [-0.1, -0.05) is 6.07 Å². The Morgan fingerprint density at radius 3 is 2.87 bits per heavy atom. The van der Waals surface area contributed by atoms with Gasteiger partial charge in [0.05, 0.1) is 6.54 Å². The van der Waals surface area contributed by atoms with E-state index in [-0.39, 0.29) is 6.61 Å². The summed E-state index contributed by atoms with van der Waals surface area (Å²) in [4.78, 5) is 9.00. The van der Waals surface area contributed by atoms with E-state index in [2.05, 4.69) is 34.9 Å². The van der Waals surface area contributed by atoms with Gasteiger partial charge in [-0.05, 0) is 56.7 Å². The summed E-state index contributed by atoms with van der Waals surface area (Å²) in [5, 5.41) is 9.09. The minimum atomic E-state index is -0.0415. The molecule has 3 rings (SSSR count). The van der Waals surface area contributed by atoms with Crippen molar-refractivity contribution in [3.05, 3.63) is 53.7 Å². The Kier molecular flexibility index (Phi) is 5.10. The van der Waals surface area contributed by atoms with Gasteiger partial charge < -0.3 is 9.52 Å². The molecule has 5 nitrogen and oxygen atoms in total. The van der Waals surface area contributed by atoms with Crippen LogP contribution < -0.4 is 0 Å². The van der Waals surface area contributed by atoms with E-state index in [0.717, 1.165) is 25.4 Å². The third-order valence-corrected chi connectivity index (χ3v) is 4.65. The van der Waals surface area contributed by atoms with Crippen molar-refractivity contribution in [3.63, 3.8) is 0 Å². The second-order valence-corrected chi connectivity index (χ2v) is 6.48. The third-order valence-electron chi connectivity index (χ3n) is 4.65. The summed E-state index contributed by atoms with van der Waals surface area (Å²) in [5.41, 5.74) is 1.30. The first-order valence-corrected chi connectivity index (χ1v) is 8.14. The van der Waals surface area contributed by atoms with Crippen molar-refractivity contribution < 1.29 is 9.52 Å². The molecule has 124 valence electrons. The Hall–Kier alpha value is -1.69. The lowest BCUT2D eigenvalue weighted by Crippen LogP contribution is -2.29. The van der Waals surface area contributed by atoms with E-state index in [0.29, 0.717) is 17.7 Å². The van der Waals surface area contributed by atoms with Crippen molar-refractivity contribution >= 4 is 0 Å². The molecule has 1 aliphatic heterocycles. The molecule has 0 spiro atoms. The number of rotatable bonds is 6. The smallest absolute Gasteiger partial charge is 0.129 e. The first-order valence-electron chi connectivity index (χ1n) is 8.14. The Morgan fingerprint density at radius 1 is 1.35 bits per heavy atom. The number of aliphatic hydroxyl groups is 1. The molecule has 0 unspecified atom stereocenters. The van der Waals surface area contributed by atoms with Gasteiger partial charge in [0, 0.05) is 25.0 Å². The molecule has 1 fully saturated rings. The van der Waals surface area contributed by atoms with E-state index >= 15 is 0 Å². The van der Waals surface area contributed by atoms with Crippen LogP contribution in [0.2, 0.25) is 0 Å². The van der Waals surface area contributed by atoms with Gasteiger partial charge in [-0.15, -0.1) is 0 Å². The zero-order valence-electron chi connectivity index (χ0n) is 13.9. The van der Waals surface area contributed by atoms with Crippen LogP contribution in [0.3, 0.4) is 0 Å². The molecule has 1 N–H and O–H groups in total. The molecular weight excluding hydrogens is 290 g/mol. The molecule has 0 radical (unpaired) electrons. The third kappa shape index (κ3) is 3.80. The molecule has 1 saturated heterocycles. The van der Waals surface area contributed by atoms with E-state index in [1.54, 1.807) is 0 Å². The summed E-state index contributed by atoms with van der Waals surface area (Å²) >= 11 is 0. The molecule has 2 aromatic heterocycles. The van der Waals surface area contributed by atoms with Crippen LogP contribution in [0.4, 0.5) is 0 Å². The van der Waals surface area contributed by atoms with E-state index in [1.165, 1.54) is 12.0 Å². The van der Waals surface area contributed by atoms with Crippen LogP contribution in [0.5, 0.6) is 0 Å². The minimum absolute atomic E-state index is 0.0415. The normalized spacial score (nSPS) is 22.1. The lowest BCUT2D eigenvalue weighted by molar-refractivity contribution is 0.198. The first kappa shape index (κ1) is 16.2. The first-order chi connectivity index (χ1) is 11.2. The highest BCUT2D eigenvalue weighted by Crippen LogP contribution is 2.36. The quantitative estimate of drug-likeness (QED) is 0.886. The molecule has 3 heterocycles. The van der Waals surface area contributed by atoms with Crippen LogP contribution in [0.1, 0.15) is 29.5 Å². The van der Waals surface area contributed by atoms with Crippen LogP contribution >= 0.6 is 0 Å². The summed E-state index contributed by atoms with van der Waals surface area (Å²) in [6, 6.07) is 8.40. The molecule has 2 atom stereocenters.